The molecule has 0 saturated carbocycles. The van der Waals surface area contributed by atoms with Crippen LogP contribution < -0.4 is 11.1 Å². The minimum Gasteiger partial charge on any atom is -0.359 e. The molecule has 19 heavy (non-hydrogen) atoms. The monoisotopic (exact) mass is 267 g/mol. The smallest absolute Gasteiger partial charge is 0.223 e. The van der Waals surface area contributed by atoms with Gasteiger partial charge in [-0.2, -0.15) is 0 Å². The molecule has 4 nitrogen and oxygen atoms in total. The van der Waals surface area contributed by atoms with Crippen molar-refractivity contribution < 1.29 is 9.18 Å². The fraction of sp³-hybridized carbons (Fsp3) is 0.500. The second-order valence-corrected chi connectivity index (χ2v) is 4.88. The molecular formula is C14H22FN3O. The predicted octanol–water partition coefficient (Wildman–Crippen LogP) is 1.10. The first-order valence-corrected chi connectivity index (χ1v) is 6.34. The Morgan fingerprint density at radius 3 is 2.63 bits per heavy atom. The van der Waals surface area contributed by atoms with E-state index < -0.39 is 0 Å². The lowest BCUT2D eigenvalue weighted by Crippen LogP contribution is -2.34. The van der Waals surface area contributed by atoms with Crippen molar-refractivity contribution in [2.24, 2.45) is 11.7 Å². The molecule has 1 atom stereocenters. The number of nitrogens with two attached hydrogens (primary N) is 1. The standard InChI is InChI=1S/C14H22FN3O/c1-10(14(19)17-2)8-18(3)9-12-4-11(7-16)5-13(15)6-12/h4-6,10H,7-9,16H2,1-3H3,(H,17,19). The minimum absolute atomic E-state index is 0.00809. The van der Waals surface area contributed by atoms with Gasteiger partial charge in [0, 0.05) is 32.6 Å². The third-order valence-electron chi connectivity index (χ3n) is 2.99. The van der Waals surface area contributed by atoms with Crippen LogP contribution in [0, 0.1) is 11.7 Å². The van der Waals surface area contributed by atoms with Gasteiger partial charge in [0.25, 0.3) is 0 Å². The molecule has 0 saturated heterocycles. The molecule has 0 heterocycles. The van der Waals surface area contributed by atoms with Gasteiger partial charge in [0.2, 0.25) is 5.91 Å². The lowest BCUT2D eigenvalue weighted by molar-refractivity contribution is -0.124. The van der Waals surface area contributed by atoms with E-state index in [1.807, 2.05) is 24.9 Å². The van der Waals surface area contributed by atoms with Crippen molar-refractivity contribution in [3.8, 4) is 0 Å². The Kier molecular flexibility index (Phi) is 5.92. The lowest BCUT2D eigenvalue weighted by Gasteiger charge is -2.20. The van der Waals surface area contributed by atoms with Crippen molar-refractivity contribution in [3.05, 3.63) is 35.1 Å². The average molecular weight is 267 g/mol. The molecule has 5 heteroatoms. The third kappa shape index (κ3) is 4.96. The first-order chi connectivity index (χ1) is 8.96. The molecule has 0 fully saturated rings. The summed E-state index contributed by atoms with van der Waals surface area (Å²) in [5, 5.41) is 2.62. The maximum absolute atomic E-state index is 13.4. The van der Waals surface area contributed by atoms with E-state index in [0.717, 1.165) is 11.1 Å². The quantitative estimate of drug-likeness (QED) is 0.811. The summed E-state index contributed by atoms with van der Waals surface area (Å²) >= 11 is 0. The summed E-state index contributed by atoms with van der Waals surface area (Å²) in [7, 11) is 3.53. The van der Waals surface area contributed by atoms with Crippen LogP contribution in [0.5, 0.6) is 0 Å². The van der Waals surface area contributed by atoms with Crippen LogP contribution in [-0.2, 0) is 17.9 Å². The van der Waals surface area contributed by atoms with Crippen molar-refractivity contribution in [3.63, 3.8) is 0 Å². The summed E-state index contributed by atoms with van der Waals surface area (Å²) in [4.78, 5) is 13.4. The Morgan fingerprint density at radius 2 is 2.05 bits per heavy atom. The molecule has 1 rings (SSSR count). The zero-order chi connectivity index (χ0) is 14.4. The number of amides is 1. The molecule has 1 amide bonds. The third-order valence-corrected chi connectivity index (χ3v) is 2.99. The molecule has 0 aliphatic heterocycles. The first-order valence-electron chi connectivity index (χ1n) is 6.34. The van der Waals surface area contributed by atoms with Crippen molar-refractivity contribution >= 4 is 5.91 Å². The van der Waals surface area contributed by atoms with E-state index in [1.54, 1.807) is 7.05 Å². The van der Waals surface area contributed by atoms with Crippen LogP contribution in [0.25, 0.3) is 0 Å². The molecule has 0 aliphatic rings. The van der Waals surface area contributed by atoms with Gasteiger partial charge in [-0.1, -0.05) is 13.0 Å². The van der Waals surface area contributed by atoms with Gasteiger partial charge in [-0.05, 0) is 30.3 Å². The van der Waals surface area contributed by atoms with E-state index in [-0.39, 0.29) is 17.6 Å². The number of hydrogen-bond donors (Lipinski definition) is 2. The number of halogens is 1. The van der Waals surface area contributed by atoms with E-state index in [1.165, 1.54) is 12.1 Å². The first kappa shape index (κ1) is 15.6. The van der Waals surface area contributed by atoms with Crippen LogP contribution in [0.1, 0.15) is 18.1 Å². The molecule has 0 bridgehead atoms. The molecule has 0 aliphatic carbocycles. The summed E-state index contributed by atoms with van der Waals surface area (Å²) in [6.45, 7) is 3.40. The maximum atomic E-state index is 13.4. The minimum atomic E-state index is -0.273. The fourth-order valence-corrected chi connectivity index (χ4v) is 2.10. The van der Waals surface area contributed by atoms with Gasteiger partial charge >= 0.3 is 0 Å². The number of hydrogen-bond acceptors (Lipinski definition) is 3. The number of carbonyl (C=O) groups is 1. The normalized spacial score (nSPS) is 12.5. The van der Waals surface area contributed by atoms with Crippen LogP contribution in [-0.4, -0.2) is 31.4 Å². The van der Waals surface area contributed by atoms with E-state index >= 15 is 0 Å². The van der Waals surface area contributed by atoms with Crippen LogP contribution in [0.2, 0.25) is 0 Å². The fourth-order valence-electron chi connectivity index (χ4n) is 2.10. The summed E-state index contributed by atoms with van der Waals surface area (Å²) in [5.41, 5.74) is 7.17. The highest BCUT2D eigenvalue weighted by molar-refractivity contribution is 5.78. The van der Waals surface area contributed by atoms with Gasteiger partial charge in [-0.25, -0.2) is 4.39 Å². The summed E-state index contributed by atoms with van der Waals surface area (Å²) < 4.78 is 13.4. The van der Waals surface area contributed by atoms with Gasteiger partial charge in [0.05, 0.1) is 0 Å². The van der Waals surface area contributed by atoms with Gasteiger partial charge < -0.3 is 16.0 Å². The number of rotatable bonds is 6. The van der Waals surface area contributed by atoms with E-state index in [2.05, 4.69) is 5.32 Å². The van der Waals surface area contributed by atoms with Gasteiger partial charge in [0.15, 0.2) is 0 Å². The van der Waals surface area contributed by atoms with E-state index in [9.17, 15) is 9.18 Å². The molecule has 0 aromatic heterocycles. The predicted molar refractivity (Wildman–Crippen MR) is 73.9 cm³/mol. The maximum Gasteiger partial charge on any atom is 0.223 e. The van der Waals surface area contributed by atoms with Crippen LogP contribution in [0.15, 0.2) is 18.2 Å². The molecule has 1 aromatic rings. The molecule has 3 N–H and O–H groups in total. The Morgan fingerprint density at radius 1 is 1.42 bits per heavy atom. The Bertz CT molecular complexity index is 437. The van der Waals surface area contributed by atoms with E-state index in [0.29, 0.717) is 19.6 Å². The highest BCUT2D eigenvalue weighted by Gasteiger charge is 2.14. The number of benzene rings is 1. The second kappa shape index (κ2) is 7.21. The second-order valence-electron chi connectivity index (χ2n) is 4.88. The molecule has 0 radical (unpaired) electrons. The van der Waals surface area contributed by atoms with Crippen LogP contribution in [0.4, 0.5) is 4.39 Å². The van der Waals surface area contributed by atoms with Gasteiger partial charge in [-0.3, -0.25) is 4.79 Å². The number of nitrogens with zero attached hydrogens (tertiary/aromatic N) is 1. The van der Waals surface area contributed by atoms with E-state index in [4.69, 9.17) is 5.73 Å². The van der Waals surface area contributed by atoms with Crippen LogP contribution >= 0.6 is 0 Å². The summed E-state index contributed by atoms with van der Waals surface area (Å²) in [6, 6.07) is 4.83. The average Bonchev–Trinajstić information content (AvgIpc) is 2.36. The van der Waals surface area contributed by atoms with Gasteiger partial charge in [0.1, 0.15) is 5.82 Å². The summed E-state index contributed by atoms with van der Waals surface area (Å²) in [6.07, 6.45) is 0. The van der Waals surface area contributed by atoms with Crippen molar-refractivity contribution in [1.82, 2.24) is 10.2 Å². The molecule has 0 spiro atoms. The Balaban J connectivity index is 2.63. The van der Waals surface area contributed by atoms with Gasteiger partial charge in [-0.15, -0.1) is 0 Å². The highest BCUT2D eigenvalue weighted by atomic mass is 19.1. The Labute approximate surface area is 113 Å². The topological polar surface area (TPSA) is 58.4 Å². The molecule has 1 aromatic carbocycles. The zero-order valence-corrected chi connectivity index (χ0v) is 11.7. The number of carbonyl (C=O) groups excluding carboxylic acids is 1. The van der Waals surface area contributed by atoms with Crippen molar-refractivity contribution in [2.75, 3.05) is 20.6 Å². The lowest BCUT2D eigenvalue weighted by atomic mass is 10.1. The highest BCUT2D eigenvalue weighted by Crippen LogP contribution is 2.11. The Hall–Kier alpha value is -1.46. The molecule has 1 unspecified atom stereocenters. The number of nitrogens with one attached hydrogen (secondary N) is 1. The SMILES string of the molecule is CNC(=O)C(C)CN(C)Cc1cc(F)cc(CN)c1. The van der Waals surface area contributed by atoms with Crippen molar-refractivity contribution in [1.29, 1.82) is 0 Å². The zero-order valence-electron chi connectivity index (χ0n) is 11.7. The summed E-state index contributed by atoms with van der Waals surface area (Å²) in [5.74, 6) is -0.364. The molecular weight excluding hydrogens is 245 g/mol. The largest absolute Gasteiger partial charge is 0.359 e. The molecule has 106 valence electrons. The van der Waals surface area contributed by atoms with Crippen molar-refractivity contribution in [2.45, 2.75) is 20.0 Å². The van der Waals surface area contributed by atoms with Crippen LogP contribution in [0.3, 0.4) is 0 Å².